The minimum absolute atomic E-state index is 0.180. The van der Waals surface area contributed by atoms with E-state index in [1.54, 1.807) is 18.9 Å². The van der Waals surface area contributed by atoms with Gasteiger partial charge in [-0.1, -0.05) is 41.7 Å². The van der Waals surface area contributed by atoms with Gasteiger partial charge in [-0.15, -0.1) is 22.0 Å². The molecule has 3 aromatic rings. The number of aromatic nitrogens is 2. The van der Waals surface area contributed by atoms with Crippen LogP contribution in [0.2, 0.25) is 0 Å². The van der Waals surface area contributed by atoms with E-state index in [4.69, 9.17) is 9.47 Å². The smallest absolute Gasteiger partial charge is 0.258 e. The molecule has 0 radical (unpaired) electrons. The summed E-state index contributed by atoms with van der Waals surface area (Å²) in [6, 6.07) is 17.3. The number of nitrogens with one attached hydrogen (secondary N) is 1. The van der Waals surface area contributed by atoms with Crippen LogP contribution in [0.5, 0.6) is 5.75 Å². The van der Waals surface area contributed by atoms with Crippen molar-refractivity contribution in [1.82, 2.24) is 10.2 Å². The quantitative estimate of drug-likeness (QED) is 0.356. The van der Waals surface area contributed by atoms with Crippen LogP contribution in [0.25, 0.3) is 0 Å². The van der Waals surface area contributed by atoms with Crippen molar-refractivity contribution in [2.45, 2.75) is 17.7 Å². The Balaban J connectivity index is 1.49. The summed E-state index contributed by atoms with van der Waals surface area (Å²) >= 11 is 2.99. The van der Waals surface area contributed by atoms with Crippen LogP contribution in [0.15, 0.2) is 59.5 Å². The minimum Gasteiger partial charge on any atom is -0.494 e. The van der Waals surface area contributed by atoms with Crippen LogP contribution in [0.1, 0.15) is 21.8 Å². The maximum Gasteiger partial charge on any atom is 0.258 e. The van der Waals surface area contributed by atoms with Gasteiger partial charge in [-0.05, 0) is 30.7 Å². The predicted octanol–water partition coefficient (Wildman–Crippen LogP) is 4.54. The maximum atomic E-state index is 12.7. The van der Waals surface area contributed by atoms with Gasteiger partial charge in [0.2, 0.25) is 5.13 Å². The van der Waals surface area contributed by atoms with Crippen LogP contribution >= 0.6 is 23.1 Å². The summed E-state index contributed by atoms with van der Waals surface area (Å²) in [4.78, 5) is 13.6. The Morgan fingerprint density at radius 3 is 2.69 bits per heavy atom. The molecule has 0 aliphatic heterocycles. The van der Waals surface area contributed by atoms with E-state index in [1.807, 2.05) is 54.6 Å². The first-order chi connectivity index (χ1) is 14.3. The zero-order chi connectivity index (χ0) is 20.3. The van der Waals surface area contributed by atoms with E-state index in [2.05, 4.69) is 15.5 Å². The van der Waals surface area contributed by atoms with Crippen LogP contribution in [0, 0.1) is 0 Å². The Morgan fingerprint density at radius 1 is 1.07 bits per heavy atom. The summed E-state index contributed by atoms with van der Waals surface area (Å²) in [5.41, 5.74) is 0.626. The minimum atomic E-state index is -0.180. The van der Waals surface area contributed by atoms with Gasteiger partial charge in [0.25, 0.3) is 5.91 Å². The number of aryl methyl sites for hydroxylation is 1. The molecule has 0 aliphatic rings. The number of thioether (sulfide) groups is 1. The monoisotopic (exact) mass is 429 g/mol. The van der Waals surface area contributed by atoms with E-state index >= 15 is 0 Å². The summed E-state index contributed by atoms with van der Waals surface area (Å²) in [6.07, 6.45) is 1.58. The molecule has 0 fully saturated rings. The van der Waals surface area contributed by atoms with Crippen molar-refractivity contribution in [2.75, 3.05) is 31.4 Å². The molecular weight excluding hydrogens is 406 g/mol. The second-order valence-electron chi connectivity index (χ2n) is 6.06. The van der Waals surface area contributed by atoms with Gasteiger partial charge in [0, 0.05) is 24.2 Å². The molecule has 0 atom stereocenters. The first-order valence-electron chi connectivity index (χ1n) is 9.28. The highest BCUT2D eigenvalue weighted by molar-refractivity contribution is 7.99. The Hall–Kier alpha value is -2.42. The number of carbonyl (C=O) groups excluding carboxylic acids is 1. The molecule has 2 aromatic carbocycles. The lowest BCUT2D eigenvalue weighted by Crippen LogP contribution is -2.13. The third-order valence-electron chi connectivity index (χ3n) is 3.91. The van der Waals surface area contributed by atoms with Crippen molar-refractivity contribution in [3.8, 4) is 5.75 Å². The number of amides is 1. The van der Waals surface area contributed by atoms with E-state index in [9.17, 15) is 4.79 Å². The van der Waals surface area contributed by atoms with Gasteiger partial charge in [0.15, 0.2) is 0 Å². The molecule has 0 bridgehead atoms. The topological polar surface area (TPSA) is 73.3 Å². The third-order valence-corrected chi connectivity index (χ3v) is 5.85. The Morgan fingerprint density at radius 2 is 1.86 bits per heavy atom. The molecule has 1 aromatic heterocycles. The van der Waals surface area contributed by atoms with Crippen LogP contribution < -0.4 is 10.1 Å². The number of hydrogen-bond donors (Lipinski definition) is 1. The Bertz CT molecular complexity index is 903. The van der Waals surface area contributed by atoms with Crippen molar-refractivity contribution in [3.05, 3.63) is 65.2 Å². The summed E-state index contributed by atoms with van der Waals surface area (Å²) in [6.45, 7) is 1.24. The first-order valence-corrected chi connectivity index (χ1v) is 11.1. The molecule has 8 heteroatoms. The molecule has 0 unspecified atom stereocenters. The fourth-order valence-corrected chi connectivity index (χ4v) is 4.25. The predicted molar refractivity (Wildman–Crippen MR) is 117 cm³/mol. The molecule has 1 heterocycles. The molecule has 6 nitrogen and oxygen atoms in total. The number of carbonyl (C=O) groups is 1. The third kappa shape index (κ3) is 6.85. The largest absolute Gasteiger partial charge is 0.494 e. The average Bonchev–Trinajstić information content (AvgIpc) is 3.19. The number of ether oxygens (including phenoxy) is 2. The van der Waals surface area contributed by atoms with E-state index < -0.39 is 0 Å². The van der Waals surface area contributed by atoms with E-state index in [1.165, 1.54) is 11.3 Å². The zero-order valence-electron chi connectivity index (χ0n) is 16.2. The summed E-state index contributed by atoms with van der Waals surface area (Å²) in [5.74, 6) is 1.47. The van der Waals surface area contributed by atoms with Gasteiger partial charge < -0.3 is 9.47 Å². The molecule has 29 heavy (non-hydrogen) atoms. The molecular formula is C21H23N3O3S2. The molecule has 1 N–H and O–H groups in total. The number of rotatable bonds is 11. The van der Waals surface area contributed by atoms with Crippen molar-refractivity contribution < 1.29 is 14.3 Å². The highest BCUT2D eigenvalue weighted by atomic mass is 32.2. The summed E-state index contributed by atoms with van der Waals surface area (Å²) < 4.78 is 10.8. The van der Waals surface area contributed by atoms with Gasteiger partial charge >= 0.3 is 0 Å². The highest BCUT2D eigenvalue weighted by Gasteiger charge is 2.14. The number of hydrogen-bond acceptors (Lipinski definition) is 7. The number of benzene rings is 2. The number of para-hydroxylation sites is 1. The fourth-order valence-electron chi connectivity index (χ4n) is 2.51. The van der Waals surface area contributed by atoms with Crippen LogP contribution in [0.3, 0.4) is 0 Å². The van der Waals surface area contributed by atoms with E-state index in [0.29, 0.717) is 23.9 Å². The second-order valence-corrected chi connectivity index (χ2v) is 8.26. The zero-order valence-corrected chi connectivity index (χ0v) is 17.8. The van der Waals surface area contributed by atoms with Crippen molar-refractivity contribution in [3.63, 3.8) is 0 Å². The number of nitrogens with zero attached hydrogens (tertiary/aromatic N) is 2. The molecule has 3 rings (SSSR count). The molecule has 152 valence electrons. The average molecular weight is 430 g/mol. The van der Waals surface area contributed by atoms with Crippen molar-refractivity contribution >= 4 is 34.1 Å². The van der Waals surface area contributed by atoms with Gasteiger partial charge in [0.05, 0.1) is 18.8 Å². The number of methoxy groups -OCH3 is 1. The van der Waals surface area contributed by atoms with Crippen LogP contribution in [-0.2, 0) is 11.2 Å². The SMILES string of the molecule is COCCSc1ccccc1C(=O)Nc1nnc(CCCOc2ccccc2)s1. The van der Waals surface area contributed by atoms with Gasteiger partial charge in [0.1, 0.15) is 10.8 Å². The summed E-state index contributed by atoms with van der Waals surface area (Å²) in [7, 11) is 1.67. The van der Waals surface area contributed by atoms with Gasteiger partial charge in [-0.2, -0.15) is 0 Å². The van der Waals surface area contributed by atoms with E-state index in [-0.39, 0.29) is 5.91 Å². The molecule has 0 aliphatic carbocycles. The first kappa shape index (κ1) is 21.3. The molecule has 0 saturated carbocycles. The fraction of sp³-hybridized carbons (Fsp3) is 0.286. The standard InChI is InChI=1S/C21H23N3O3S2/c1-26-14-15-28-18-11-6-5-10-17(18)20(25)22-21-24-23-19(29-21)12-7-13-27-16-8-3-2-4-9-16/h2-6,8-11H,7,12-15H2,1H3,(H,22,24,25). The molecule has 0 saturated heterocycles. The molecule has 0 spiro atoms. The highest BCUT2D eigenvalue weighted by Crippen LogP contribution is 2.24. The van der Waals surface area contributed by atoms with Crippen LogP contribution in [-0.4, -0.2) is 42.2 Å². The van der Waals surface area contributed by atoms with E-state index in [0.717, 1.165) is 34.2 Å². The van der Waals surface area contributed by atoms with Crippen molar-refractivity contribution in [1.29, 1.82) is 0 Å². The van der Waals surface area contributed by atoms with Crippen molar-refractivity contribution in [2.24, 2.45) is 0 Å². The number of anilines is 1. The molecule has 1 amide bonds. The maximum absolute atomic E-state index is 12.7. The Kier molecular flexibility index (Phi) is 8.48. The lowest BCUT2D eigenvalue weighted by Gasteiger charge is -2.08. The van der Waals surface area contributed by atoms with Gasteiger partial charge in [-0.25, -0.2) is 0 Å². The summed E-state index contributed by atoms with van der Waals surface area (Å²) in [5, 5.41) is 12.5. The van der Waals surface area contributed by atoms with Crippen LogP contribution in [0.4, 0.5) is 5.13 Å². The second kappa shape index (κ2) is 11.5. The van der Waals surface area contributed by atoms with Gasteiger partial charge in [-0.3, -0.25) is 10.1 Å². The lowest BCUT2D eigenvalue weighted by molar-refractivity contribution is 0.102. The lowest BCUT2D eigenvalue weighted by atomic mass is 10.2. The Labute approximate surface area is 178 Å². The normalized spacial score (nSPS) is 10.7.